The van der Waals surface area contributed by atoms with Gasteiger partial charge in [-0.25, -0.2) is 14.5 Å². The third-order valence-electron chi connectivity index (χ3n) is 6.23. The average Bonchev–Trinajstić information content (AvgIpc) is 3.33. The monoisotopic (exact) mass is 466 g/mol. The number of rotatable bonds is 6. The van der Waals surface area contributed by atoms with Crippen molar-refractivity contribution in [3.63, 3.8) is 0 Å². The summed E-state index contributed by atoms with van der Waals surface area (Å²) in [7, 11) is 4.58. The smallest absolute Gasteiger partial charge is 0.343 e. The standard InChI is InChI=1S/C25H30N4O5/c1-27(32)25(31)28-12-10-18(11-13-28)22-15-23(21-9-4-17(16-30)14-24(21)34-3)29(26-22)19-5-7-20(33-2)8-6-19/h4-9,14-15,18,30,32H,10-13,16H2,1-3H3. The molecule has 9 heteroatoms. The highest BCUT2D eigenvalue weighted by Gasteiger charge is 2.28. The van der Waals surface area contributed by atoms with E-state index in [1.165, 1.54) is 7.05 Å². The quantitative estimate of drug-likeness (QED) is 0.425. The van der Waals surface area contributed by atoms with Crippen molar-refractivity contribution >= 4 is 6.03 Å². The molecule has 1 aromatic heterocycles. The van der Waals surface area contributed by atoms with E-state index in [-0.39, 0.29) is 12.5 Å². The Labute approximate surface area is 198 Å². The topological polar surface area (TPSA) is 100 Å². The molecule has 34 heavy (non-hydrogen) atoms. The first-order valence-electron chi connectivity index (χ1n) is 11.2. The fourth-order valence-electron chi connectivity index (χ4n) is 4.33. The van der Waals surface area contributed by atoms with Crippen molar-refractivity contribution in [1.82, 2.24) is 19.7 Å². The summed E-state index contributed by atoms with van der Waals surface area (Å²) in [4.78, 5) is 13.7. The molecule has 180 valence electrons. The minimum atomic E-state index is -0.392. The van der Waals surface area contributed by atoms with Crippen molar-refractivity contribution in [3.8, 4) is 28.4 Å². The Hall–Kier alpha value is -3.56. The van der Waals surface area contributed by atoms with Crippen LogP contribution in [0.4, 0.5) is 4.79 Å². The SMILES string of the molecule is COc1ccc(-n2nc(C3CCN(C(=O)N(C)O)CC3)cc2-c2ccc(CO)cc2OC)cc1. The number of aliphatic hydroxyl groups excluding tert-OH is 1. The predicted molar refractivity (Wildman–Crippen MR) is 127 cm³/mol. The molecule has 1 fully saturated rings. The number of nitrogens with zero attached hydrogens (tertiary/aromatic N) is 4. The number of amides is 2. The first-order valence-corrected chi connectivity index (χ1v) is 11.2. The van der Waals surface area contributed by atoms with E-state index in [0.717, 1.165) is 46.8 Å². The van der Waals surface area contributed by atoms with Crippen LogP contribution in [-0.4, -0.2) is 70.4 Å². The van der Waals surface area contributed by atoms with Gasteiger partial charge in [-0.1, -0.05) is 6.07 Å². The van der Waals surface area contributed by atoms with Crippen LogP contribution in [0.2, 0.25) is 0 Å². The maximum atomic E-state index is 12.1. The van der Waals surface area contributed by atoms with Crippen molar-refractivity contribution in [3.05, 3.63) is 59.8 Å². The molecule has 0 spiro atoms. The summed E-state index contributed by atoms with van der Waals surface area (Å²) < 4.78 is 12.8. The number of benzene rings is 2. The van der Waals surface area contributed by atoms with Crippen molar-refractivity contribution in [2.75, 3.05) is 34.4 Å². The number of methoxy groups -OCH3 is 2. The number of aliphatic hydroxyl groups is 1. The summed E-state index contributed by atoms with van der Waals surface area (Å²) >= 11 is 0. The number of hydroxylamine groups is 2. The maximum absolute atomic E-state index is 12.1. The second kappa shape index (κ2) is 10.1. The number of aromatic nitrogens is 2. The molecule has 2 amide bonds. The van der Waals surface area contributed by atoms with Crippen LogP contribution < -0.4 is 9.47 Å². The Kier molecular flexibility index (Phi) is 7.04. The normalized spacial score (nSPS) is 14.2. The minimum Gasteiger partial charge on any atom is -0.497 e. The third-order valence-corrected chi connectivity index (χ3v) is 6.23. The van der Waals surface area contributed by atoms with Crippen molar-refractivity contribution in [2.24, 2.45) is 0 Å². The highest BCUT2D eigenvalue weighted by molar-refractivity contribution is 5.73. The molecule has 0 bridgehead atoms. The number of piperidine rings is 1. The van der Waals surface area contributed by atoms with Gasteiger partial charge in [-0.2, -0.15) is 5.10 Å². The lowest BCUT2D eigenvalue weighted by molar-refractivity contribution is -0.0356. The van der Waals surface area contributed by atoms with E-state index >= 15 is 0 Å². The van der Waals surface area contributed by atoms with E-state index < -0.39 is 6.03 Å². The van der Waals surface area contributed by atoms with Gasteiger partial charge in [-0.3, -0.25) is 5.21 Å². The molecule has 0 atom stereocenters. The number of carbonyl (C=O) groups excluding carboxylic acids is 1. The number of ether oxygens (including phenoxy) is 2. The lowest BCUT2D eigenvalue weighted by Crippen LogP contribution is -2.43. The van der Waals surface area contributed by atoms with Crippen LogP contribution in [0.25, 0.3) is 16.9 Å². The van der Waals surface area contributed by atoms with Gasteiger partial charge in [0.1, 0.15) is 11.5 Å². The van der Waals surface area contributed by atoms with Crippen molar-refractivity contribution < 1.29 is 24.6 Å². The summed E-state index contributed by atoms with van der Waals surface area (Å²) in [5, 5.41) is 24.6. The Morgan fingerprint density at radius 3 is 2.38 bits per heavy atom. The lowest BCUT2D eigenvalue weighted by atomic mass is 9.93. The summed E-state index contributed by atoms with van der Waals surface area (Å²) in [5.74, 6) is 1.58. The number of carbonyl (C=O) groups is 1. The van der Waals surface area contributed by atoms with Crippen molar-refractivity contribution in [1.29, 1.82) is 0 Å². The molecule has 4 rings (SSSR count). The summed E-state index contributed by atoms with van der Waals surface area (Å²) in [6.45, 7) is 1.03. The molecule has 9 nitrogen and oxygen atoms in total. The van der Waals surface area contributed by atoms with Crippen LogP contribution in [0.5, 0.6) is 11.5 Å². The highest BCUT2D eigenvalue weighted by atomic mass is 16.5. The van der Waals surface area contributed by atoms with Crippen LogP contribution >= 0.6 is 0 Å². The van der Waals surface area contributed by atoms with E-state index in [1.807, 2.05) is 47.1 Å². The number of hydrogen-bond donors (Lipinski definition) is 2. The van der Waals surface area contributed by atoms with Gasteiger partial charge in [0.2, 0.25) is 0 Å². The lowest BCUT2D eigenvalue weighted by Gasteiger charge is -2.32. The van der Waals surface area contributed by atoms with Crippen LogP contribution in [0.15, 0.2) is 48.5 Å². The molecule has 0 radical (unpaired) electrons. The van der Waals surface area contributed by atoms with Gasteiger partial charge in [0.05, 0.1) is 37.9 Å². The first-order chi connectivity index (χ1) is 16.4. The zero-order valence-electron chi connectivity index (χ0n) is 19.6. The van der Waals surface area contributed by atoms with E-state index in [4.69, 9.17) is 14.6 Å². The Morgan fingerprint density at radius 2 is 1.79 bits per heavy atom. The van der Waals surface area contributed by atoms with Crippen LogP contribution in [0, 0.1) is 0 Å². The van der Waals surface area contributed by atoms with E-state index in [0.29, 0.717) is 23.9 Å². The zero-order valence-corrected chi connectivity index (χ0v) is 19.6. The Morgan fingerprint density at radius 1 is 1.09 bits per heavy atom. The van der Waals surface area contributed by atoms with Gasteiger partial charge in [0.15, 0.2) is 0 Å². The fourth-order valence-corrected chi connectivity index (χ4v) is 4.33. The molecule has 1 aliphatic rings. The number of hydrogen-bond acceptors (Lipinski definition) is 6. The molecule has 0 aliphatic carbocycles. The van der Waals surface area contributed by atoms with Gasteiger partial charge < -0.3 is 19.5 Å². The molecule has 2 heterocycles. The van der Waals surface area contributed by atoms with Gasteiger partial charge in [-0.15, -0.1) is 0 Å². The second-order valence-corrected chi connectivity index (χ2v) is 8.32. The van der Waals surface area contributed by atoms with E-state index in [9.17, 15) is 15.1 Å². The first kappa shape index (κ1) is 23.6. The summed E-state index contributed by atoms with van der Waals surface area (Å²) in [5.41, 5.74) is 4.31. The number of likely N-dealkylation sites (tertiary alicyclic amines) is 1. The van der Waals surface area contributed by atoms with Gasteiger partial charge in [0.25, 0.3) is 0 Å². The predicted octanol–water partition coefficient (Wildman–Crippen LogP) is 3.67. The fraction of sp³-hybridized carbons (Fsp3) is 0.360. The molecule has 2 aromatic carbocycles. The van der Waals surface area contributed by atoms with Gasteiger partial charge in [0, 0.05) is 31.6 Å². The largest absolute Gasteiger partial charge is 0.497 e. The average molecular weight is 467 g/mol. The molecule has 3 aromatic rings. The number of urea groups is 1. The van der Waals surface area contributed by atoms with Crippen LogP contribution in [-0.2, 0) is 6.61 Å². The van der Waals surface area contributed by atoms with Gasteiger partial charge >= 0.3 is 6.03 Å². The van der Waals surface area contributed by atoms with E-state index in [2.05, 4.69) is 6.07 Å². The molecule has 0 saturated carbocycles. The third kappa shape index (κ3) is 4.71. The van der Waals surface area contributed by atoms with E-state index in [1.54, 1.807) is 19.1 Å². The molecular formula is C25H30N4O5. The van der Waals surface area contributed by atoms with Gasteiger partial charge in [-0.05, 0) is 60.9 Å². The molecule has 1 aliphatic heterocycles. The second-order valence-electron chi connectivity index (χ2n) is 8.32. The summed E-state index contributed by atoms with van der Waals surface area (Å²) in [6.07, 6.45) is 1.50. The Bertz CT molecular complexity index is 1130. The summed E-state index contributed by atoms with van der Waals surface area (Å²) in [6, 6.07) is 15.0. The molecular weight excluding hydrogens is 436 g/mol. The highest BCUT2D eigenvalue weighted by Crippen LogP contribution is 2.36. The van der Waals surface area contributed by atoms with Crippen LogP contribution in [0.1, 0.15) is 30.0 Å². The molecule has 1 saturated heterocycles. The molecule has 2 N–H and O–H groups in total. The maximum Gasteiger partial charge on any atom is 0.343 e. The van der Waals surface area contributed by atoms with Crippen LogP contribution in [0.3, 0.4) is 0 Å². The zero-order chi connectivity index (χ0) is 24.2. The van der Waals surface area contributed by atoms with Crippen molar-refractivity contribution in [2.45, 2.75) is 25.4 Å². The minimum absolute atomic E-state index is 0.0695. The molecule has 0 unspecified atom stereocenters. The Balaban J connectivity index is 1.72.